The molecule has 0 spiro atoms. The topological polar surface area (TPSA) is 34.1 Å². The van der Waals surface area contributed by atoms with Crippen molar-refractivity contribution in [3.8, 4) is 0 Å². The number of hydrogen-bond acceptors (Lipinski definition) is 4. The zero-order valence-electron chi connectivity index (χ0n) is 21.6. The van der Waals surface area contributed by atoms with Crippen LogP contribution >= 0.6 is 0 Å². The number of methoxy groups -OCH3 is 2. The lowest BCUT2D eigenvalue weighted by atomic mass is 9.72. The average Bonchev–Trinajstić information content (AvgIpc) is 2.90. The van der Waals surface area contributed by atoms with Crippen LogP contribution in [0.4, 0.5) is 0 Å². The van der Waals surface area contributed by atoms with Gasteiger partial charge in [0.2, 0.25) is 0 Å². The first-order chi connectivity index (χ1) is 16.3. The number of ether oxygens (including phenoxy) is 2. The number of rotatable bonds is 8. The lowest BCUT2D eigenvalue weighted by molar-refractivity contribution is 0.0512. The molecule has 4 rings (SSSR count). The molecule has 4 nitrogen and oxygen atoms in total. The third-order valence-electron chi connectivity index (χ3n) is 9.32. The molecule has 0 aliphatic heterocycles. The molecule has 0 radical (unpaired) electrons. The lowest BCUT2D eigenvalue weighted by Gasteiger charge is -2.39. The Balaban J connectivity index is 1.48. The lowest BCUT2D eigenvalue weighted by Crippen LogP contribution is -2.41. The Morgan fingerprint density at radius 2 is 1.03 bits per heavy atom. The minimum absolute atomic E-state index is 0.466. The summed E-state index contributed by atoms with van der Waals surface area (Å²) in [5.74, 6) is 1.43. The largest absolute Gasteiger partial charge is 0.381 e. The smallest absolute Gasteiger partial charge is 0.0571 e. The summed E-state index contributed by atoms with van der Waals surface area (Å²) in [6.45, 7) is 0. The summed E-state index contributed by atoms with van der Waals surface area (Å²) >= 11 is 0. The summed E-state index contributed by atoms with van der Waals surface area (Å²) < 4.78 is 11.3. The Morgan fingerprint density at radius 3 is 1.42 bits per heavy atom. The molecule has 0 N–H and O–H groups in total. The molecule has 0 aromatic heterocycles. The van der Waals surface area contributed by atoms with E-state index in [2.05, 4.69) is 17.3 Å². The van der Waals surface area contributed by atoms with Crippen molar-refractivity contribution in [1.82, 2.24) is 5.01 Å². The third-order valence-corrected chi connectivity index (χ3v) is 9.32. The minimum Gasteiger partial charge on any atom is -0.381 e. The van der Waals surface area contributed by atoms with E-state index in [1.54, 1.807) is 5.57 Å². The van der Waals surface area contributed by atoms with E-state index >= 15 is 0 Å². The van der Waals surface area contributed by atoms with Crippen LogP contribution in [0.5, 0.6) is 0 Å². The predicted molar refractivity (Wildman–Crippen MR) is 138 cm³/mol. The normalized spacial score (nSPS) is 32.7. The van der Waals surface area contributed by atoms with E-state index in [9.17, 15) is 0 Å². The van der Waals surface area contributed by atoms with E-state index in [1.807, 2.05) is 14.2 Å². The van der Waals surface area contributed by atoms with E-state index in [-0.39, 0.29) is 0 Å². The fraction of sp³-hybridized carbons (Fsp3) is 0.897. The SMILES string of the molecule is COC1CCC(C(=C/C=N/N(C2CCCCC2)C2CCCCC2)C2CCC(OC)CC2)CC1. The summed E-state index contributed by atoms with van der Waals surface area (Å²) in [4.78, 5) is 0. The predicted octanol–water partition coefficient (Wildman–Crippen LogP) is 7.28. The van der Waals surface area contributed by atoms with Crippen LogP contribution in [0.15, 0.2) is 16.8 Å². The van der Waals surface area contributed by atoms with Crippen LogP contribution in [0.1, 0.15) is 116 Å². The number of nitrogens with zero attached hydrogens (tertiary/aromatic N) is 2. The minimum atomic E-state index is 0.466. The van der Waals surface area contributed by atoms with Crippen molar-refractivity contribution in [1.29, 1.82) is 0 Å². The van der Waals surface area contributed by atoms with Crippen LogP contribution < -0.4 is 0 Å². The molecular formula is C29H50N2O2. The molecule has 4 aliphatic rings. The third kappa shape index (κ3) is 7.07. The molecule has 0 bridgehead atoms. The Hall–Kier alpha value is -0.870. The number of hydrazone groups is 1. The van der Waals surface area contributed by atoms with Gasteiger partial charge in [0.05, 0.1) is 12.2 Å². The van der Waals surface area contributed by atoms with Gasteiger partial charge in [0.25, 0.3) is 0 Å². The molecular weight excluding hydrogens is 408 g/mol. The van der Waals surface area contributed by atoms with E-state index < -0.39 is 0 Å². The Morgan fingerprint density at radius 1 is 0.606 bits per heavy atom. The highest BCUT2D eigenvalue weighted by molar-refractivity contribution is 5.72. The Kier molecular flexibility index (Phi) is 10.2. The summed E-state index contributed by atoms with van der Waals surface area (Å²) in [7, 11) is 3.76. The average molecular weight is 459 g/mol. The fourth-order valence-electron chi connectivity index (χ4n) is 7.24. The van der Waals surface area contributed by atoms with Crippen molar-refractivity contribution in [3.05, 3.63) is 11.6 Å². The second-order valence-electron chi connectivity index (χ2n) is 11.3. The maximum Gasteiger partial charge on any atom is 0.0571 e. The van der Waals surface area contributed by atoms with Crippen LogP contribution in [0.25, 0.3) is 0 Å². The maximum atomic E-state index is 5.67. The quantitative estimate of drug-likeness (QED) is 0.283. The summed E-state index contributed by atoms with van der Waals surface area (Å²) in [5, 5.41) is 7.82. The Bertz CT molecular complexity index is 561. The zero-order chi connectivity index (χ0) is 22.9. The first kappa shape index (κ1) is 25.2. The molecule has 0 unspecified atom stereocenters. The second-order valence-corrected chi connectivity index (χ2v) is 11.3. The zero-order valence-corrected chi connectivity index (χ0v) is 21.6. The van der Waals surface area contributed by atoms with E-state index in [0.29, 0.717) is 36.1 Å². The first-order valence-electron chi connectivity index (χ1n) is 14.4. The van der Waals surface area contributed by atoms with Gasteiger partial charge in [-0.3, -0.25) is 5.01 Å². The van der Waals surface area contributed by atoms with Crippen LogP contribution in [-0.2, 0) is 9.47 Å². The molecule has 4 aliphatic carbocycles. The highest BCUT2D eigenvalue weighted by Gasteiger charge is 2.31. The molecule has 0 heterocycles. The second kappa shape index (κ2) is 13.3. The van der Waals surface area contributed by atoms with Crippen molar-refractivity contribution < 1.29 is 9.47 Å². The van der Waals surface area contributed by atoms with Gasteiger partial charge < -0.3 is 9.47 Å². The summed E-state index contributed by atoms with van der Waals surface area (Å²) in [6, 6.07) is 1.34. The van der Waals surface area contributed by atoms with E-state index in [1.165, 1.54) is 116 Å². The van der Waals surface area contributed by atoms with Gasteiger partial charge in [-0.05, 0) is 95.0 Å². The van der Waals surface area contributed by atoms with Gasteiger partial charge in [0.15, 0.2) is 0 Å². The number of hydrogen-bond donors (Lipinski definition) is 0. The van der Waals surface area contributed by atoms with Crippen molar-refractivity contribution in [2.24, 2.45) is 16.9 Å². The Labute approximate surface area is 203 Å². The van der Waals surface area contributed by atoms with Gasteiger partial charge >= 0.3 is 0 Å². The van der Waals surface area contributed by atoms with E-state index in [0.717, 1.165) is 0 Å². The maximum absolute atomic E-state index is 5.67. The van der Waals surface area contributed by atoms with Gasteiger partial charge in [-0.25, -0.2) is 0 Å². The molecule has 0 aromatic rings. The van der Waals surface area contributed by atoms with Crippen molar-refractivity contribution in [2.75, 3.05) is 14.2 Å². The molecule has 4 saturated carbocycles. The fourth-order valence-corrected chi connectivity index (χ4v) is 7.24. The van der Waals surface area contributed by atoms with Crippen LogP contribution in [-0.4, -0.2) is 49.7 Å². The molecule has 0 aromatic carbocycles. The van der Waals surface area contributed by atoms with Crippen molar-refractivity contribution in [3.63, 3.8) is 0 Å². The van der Waals surface area contributed by atoms with Gasteiger partial charge in [0.1, 0.15) is 0 Å². The molecule has 33 heavy (non-hydrogen) atoms. The molecule has 0 saturated heterocycles. The van der Waals surface area contributed by atoms with Crippen molar-refractivity contribution in [2.45, 2.75) is 140 Å². The molecule has 0 amide bonds. The van der Waals surface area contributed by atoms with E-state index in [4.69, 9.17) is 14.6 Å². The highest BCUT2D eigenvalue weighted by Crippen LogP contribution is 2.40. The molecule has 4 heteroatoms. The summed E-state index contributed by atoms with van der Waals surface area (Å²) in [5.41, 5.74) is 1.69. The first-order valence-corrected chi connectivity index (χ1v) is 14.4. The standard InChI is InChI=1S/C29H50N2O2/c1-32-27-17-13-23(14-18-27)29(24-15-19-28(33-2)20-16-24)21-22-30-31(25-9-5-3-6-10-25)26-11-7-4-8-12-26/h21-28H,3-20H2,1-2H3/b29-21?,30-22+. The van der Waals surface area contributed by atoms with Crippen LogP contribution in [0.2, 0.25) is 0 Å². The van der Waals surface area contributed by atoms with Gasteiger partial charge in [0, 0.05) is 32.5 Å². The summed E-state index contributed by atoms with van der Waals surface area (Å²) in [6.07, 6.45) is 29.3. The molecule has 0 atom stereocenters. The number of allylic oxidation sites excluding steroid dienone is 2. The van der Waals surface area contributed by atoms with Crippen molar-refractivity contribution >= 4 is 6.21 Å². The van der Waals surface area contributed by atoms with Crippen LogP contribution in [0, 0.1) is 11.8 Å². The molecule has 4 fully saturated rings. The van der Waals surface area contributed by atoms with Crippen LogP contribution in [0.3, 0.4) is 0 Å². The highest BCUT2D eigenvalue weighted by atomic mass is 16.5. The monoisotopic (exact) mass is 458 g/mol. The van der Waals surface area contributed by atoms with Gasteiger partial charge in [-0.2, -0.15) is 5.10 Å². The van der Waals surface area contributed by atoms with Gasteiger partial charge in [-0.15, -0.1) is 0 Å². The molecule has 188 valence electrons. The van der Waals surface area contributed by atoms with Gasteiger partial charge in [-0.1, -0.05) is 44.1 Å².